The van der Waals surface area contributed by atoms with E-state index >= 15 is 0 Å². The van der Waals surface area contributed by atoms with Crippen molar-refractivity contribution in [2.75, 3.05) is 12.5 Å². The summed E-state index contributed by atoms with van der Waals surface area (Å²) in [5.41, 5.74) is 0. The van der Waals surface area contributed by atoms with E-state index in [1.807, 2.05) is 0 Å². The first-order chi connectivity index (χ1) is 22.1. The Bertz CT molecular complexity index is 585. The highest BCUT2D eigenvalue weighted by atomic mass is 35.5. The van der Waals surface area contributed by atoms with Crippen molar-refractivity contribution < 1.29 is 18.9 Å². The van der Waals surface area contributed by atoms with E-state index in [1.165, 1.54) is 218 Å². The van der Waals surface area contributed by atoms with Crippen LogP contribution in [-0.4, -0.2) is 22.3 Å². The second kappa shape index (κ2) is 38.8. The third kappa shape index (κ3) is 44.4. The lowest BCUT2D eigenvalue weighted by molar-refractivity contribution is 0.193. The summed E-state index contributed by atoms with van der Waals surface area (Å²) in [6.45, 7) is 0.169. The molecule has 0 atom stereocenters. The molecule has 2 N–H and O–H groups in total. The fourth-order valence-corrected chi connectivity index (χ4v) is 7.12. The molecule has 0 saturated heterocycles. The van der Waals surface area contributed by atoms with Gasteiger partial charge in [0.25, 0.3) is 0 Å². The topological polar surface area (TPSA) is 66.8 Å². The summed E-state index contributed by atoms with van der Waals surface area (Å²) in [5, 5.41) is 0. The van der Waals surface area contributed by atoms with Crippen molar-refractivity contribution in [3.05, 3.63) is 0 Å². The maximum Gasteiger partial charge on any atom is 0.469 e. The number of hydrogen-bond acceptors (Lipinski definition) is 2. The number of hydrogen-bond donors (Lipinski definition) is 2. The van der Waals surface area contributed by atoms with Crippen LogP contribution < -0.4 is 0 Å². The quantitative estimate of drug-likeness (QED) is 0.0384. The van der Waals surface area contributed by atoms with E-state index in [1.54, 1.807) is 0 Å². The Hall–Kier alpha value is 0.400. The first-order valence-electron chi connectivity index (χ1n) is 20.3. The molecule has 0 radical (unpaired) electrons. The first-order valence-corrected chi connectivity index (χ1v) is 22.4. The van der Waals surface area contributed by atoms with E-state index in [0.29, 0.717) is 0 Å². The maximum atomic E-state index is 10.6. The molecule has 272 valence electrons. The zero-order valence-electron chi connectivity index (χ0n) is 30.1. The fraction of sp³-hybridized carbons (Fsp3) is 1.00. The van der Waals surface area contributed by atoms with Gasteiger partial charge in [-0.3, -0.25) is 4.52 Å². The summed E-state index contributed by atoms with van der Waals surface area (Å²) in [6.07, 6.45) is 51.1. The largest absolute Gasteiger partial charge is 0.469 e. The number of alkyl halides is 1. The van der Waals surface area contributed by atoms with Crippen LogP contribution >= 0.6 is 19.4 Å². The Labute approximate surface area is 287 Å². The zero-order valence-corrected chi connectivity index (χ0v) is 31.8. The molecule has 0 amide bonds. The number of phosphoric ester groups is 1. The summed E-state index contributed by atoms with van der Waals surface area (Å²) in [5.74, 6) is 0.838. The van der Waals surface area contributed by atoms with Gasteiger partial charge in [0.15, 0.2) is 0 Å². The van der Waals surface area contributed by atoms with E-state index in [-0.39, 0.29) is 6.61 Å². The average Bonchev–Trinajstić information content (AvgIpc) is 3.01. The Balaban J connectivity index is 3.05. The van der Waals surface area contributed by atoms with Crippen molar-refractivity contribution in [1.82, 2.24) is 0 Å². The smallest absolute Gasteiger partial charge is 0.303 e. The molecule has 0 fully saturated rings. The molecule has 0 bridgehead atoms. The molecule has 0 aromatic rings. The Morgan fingerprint density at radius 2 is 0.467 bits per heavy atom. The molecule has 0 aliphatic rings. The number of unbranched alkanes of at least 4 members (excludes halogenated alkanes) is 36. The van der Waals surface area contributed by atoms with Crippen LogP contribution in [0, 0.1) is 0 Å². The molecule has 4 nitrogen and oxygen atoms in total. The van der Waals surface area contributed by atoms with E-state index in [2.05, 4.69) is 4.52 Å². The molecule has 0 aromatic heterocycles. The van der Waals surface area contributed by atoms with E-state index < -0.39 is 7.82 Å². The molecular formula is C39H80ClO4P. The minimum atomic E-state index is -4.27. The first kappa shape index (κ1) is 45.4. The molecule has 0 aliphatic heterocycles. The van der Waals surface area contributed by atoms with E-state index in [9.17, 15) is 4.57 Å². The second-order valence-electron chi connectivity index (χ2n) is 14.1. The van der Waals surface area contributed by atoms with Gasteiger partial charge in [0.1, 0.15) is 0 Å². The highest BCUT2D eigenvalue weighted by Crippen LogP contribution is 2.35. The summed E-state index contributed by atoms with van der Waals surface area (Å²) in [7, 11) is -4.27. The van der Waals surface area contributed by atoms with Crippen molar-refractivity contribution in [3.63, 3.8) is 0 Å². The molecule has 0 spiro atoms. The van der Waals surface area contributed by atoms with Gasteiger partial charge in [0, 0.05) is 5.88 Å². The van der Waals surface area contributed by atoms with Gasteiger partial charge in [-0.05, 0) is 12.8 Å². The lowest BCUT2D eigenvalue weighted by Gasteiger charge is -2.05. The van der Waals surface area contributed by atoms with Gasteiger partial charge >= 0.3 is 7.82 Å². The molecule has 0 heterocycles. The van der Waals surface area contributed by atoms with Crippen LogP contribution in [0.2, 0.25) is 0 Å². The van der Waals surface area contributed by atoms with Crippen LogP contribution in [0.25, 0.3) is 0 Å². The Kier molecular flexibility index (Phi) is 39.2. The van der Waals surface area contributed by atoms with Gasteiger partial charge < -0.3 is 9.79 Å². The fourth-order valence-electron chi connectivity index (χ4n) is 6.57. The van der Waals surface area contributed by atoms with Gasteiger partial charge in [-0.25, -0.2) is 4.57 Å². The van der Waals surface area contributed by atoms with Crippen molar-refractivity contribution in [1.29, 1.82) is 0 Å². The Morgan fingerprint density at radius 3 is 0.622 bits per heavy atom. The zero-order chi connectivity index (χ0) is 32.8. The molecule has 0 aromatic carbocycles. The van der Waals surface area contributed by atoms with Gasteiger partial charge in [-0.15, -0.1) is 11.6 Å². The standard InChI is InChI=1S/C39H80ClO4P/c40-38-36-34-32-30-28-26-24-22-20-18-16-14-12-10-8-6-4-2-1-3-5-7-9-11-13-15-17-19-21-23-25-27-29-31-33-35-37-39-44-45(41,42)43/h1-39H2,(H2,41,42,43). The predicted octanol–water partition coefficient (Wildman–Crippen LogP) is 14.8. The Morgan fingerprint density at radius 1 is 0.311 bits per heavy atom. The summed E-state index contributed by atoms with van der Waals surface area (Å²) >= 11 is 5.73. The number of phosphoric acid groups is 1. The second-order valence-corrected chi connectivity index (χ2v) is 15.7. The van der Waals surface area contributed by atoms with Crippen LogP contribution in [0.5, 0.6) is 0 Å². The highest BCUT2D eigenvalue weighted by Gasteiger charge is 2.12. The maximum absolute atomic E-state index is 10.6. The van der Waals surface area contributed by atoms with E-state index in [0.717, 1.165) is 25.1 Å². The van der Waals surface area contributed by atoms with Crippen LogP contribution in [0.15, 0.2) is 0 Å². The normalized spacial score (nSPS) is 12.0. The van der Waals surface area contributed by atoms with Crippen molar-refractivity contribution >= 4 is 19.4 Å². The lowest BCUT2D eigenvalue weighted by Crippen LogP contribution is -1.92. The van der Waals surface area contributed by atoms with Crippen LogP contribution in [-0.2, 0) is 9.09 Å². The predicted molar refractivity (Wildman–Crippen MR) is 200 cm³/mol. The molecule has 6 heteroatoms. The molecular weight excluding hydrogens is 599 g/mol. The average molecular weight is 679 g/mol. The summed E-state index contributed by atoms with van der Waals surface area (Å²) in [6, 6.07) is 0. The van der Waals surface area contributed by atoms with Crippen molar-refractivity contribution in [3.8, 4) is 0 Å². The minimum absolute atomic E-state index is 0.169. The van der Waals surface area contributed by atoms with E-state index in [4.69, 9.17) is 21.4 Å². The van der Waals surface area contributed by atoms with Crippen LogP contribution in [0.4, 0.5) is 0 Å². The van der Waals surface area contributed by atoms with Gasteiger partial charge in [0.05, 0.1) is 6.61 Å². The van der Waals surface area contributed by atoms with Crippen molar-refractivity contribution in [2.24, 2.45) is 0 Å². The van der Waals surface area contributed by atoms with Crippen LogP contribution in [0.1, 0.15) is 238 Å². The number of rotatable bonds is 40. The van der Waals surface area contributed by atoms with Crippen molar-refractivity contribution in [2.45, 2.75) is 238 Å². The van der Waals surface area contributed by atoms with Crippen LogP contribution in [0.3, 0.4) is 0 Å². The molecule has 45 heavy (non-hydrogen) atoms. The third-order valence-electron chi connectivity index (χ3n) is 9.54. The summed E-state index contributed by atoms with van der Waals surface area (Å²) in [4.78, 5) is 17.3. The highest BCUT2D eigenvalue weighted by molar-refractivity contribution is 7.46. The molecule has 0 saturated carbocycles. The summed E-state index contributed by atoms with van der Waals surface area (Å²) < 4.78 is 15.1. The molecule has 0 aliphatic carbocycles. The van der Waals surface area contributed by atoms with Gasteiger partial charge in [-0.2, -0.15) is 0 Å². The lowest BCUT2D eigenvalue weighted by atomic mass is 10.0. The monoisotopic (exact) mass is 679 g/mol. The van der Waals surface area contributed by atoms with Gasteiger partial charge in [0.2, 0.25) is 0 Å². The minimum Gasteiger partial charge on any atom is -0.303 e. The van der Waals surface area contributed by atoms with Gasteiger partial charge in [-0.1, -0.05) is 225 Å². The third-order valence-corrected chi connectivity index (χ3v) is 10.3. The molecule has 0 unspecified atom stereocenters. The SMILES string of the molecule is O=P(O)(O)OCCCCCCCCCCCCCCCCCCCCCCCCCCCCCCCCCCCCCCCCl. The number of halogens is 1. The molecule has 0 rings (SSSR count).